The van der Waals surface area contributed by atoms with E-state index in [9.17, 15) is 5.11 Å². The van der Waals surface area contributed by atoms with E-state index in [0.29, 0.717) is 17.8 Å². The first-order valence-electron chi connectivity index (χ1n) is 7.20. The Morgan fingerprint density at radius 1 is 1.35 bits per heavy atom. The number of anilines is 3. The lowest BCUT2D eigenvalue weighted by molar-refractivity contribution is 0.265. The number of hydrogen-bond acceptors (Lipinski definition) is 7. The van der Waals surface area contributed by atoms with Crippen LogP contribution in [0, 0.1) is 0 Å². The molecule has 0 aromatic carbocycles. The second kappa shape index (κ2) is 6.69. The lowest BCUT2D eigenvalue weighted by Gasteiger charge is -2.24. The molecule has 0 saturated carbocycles. The van der Waals surface area contributed by atoms with Gasteiger partial charge in [-0.15, -0.1) is 0 Å². The molecule has 0 bridgehead atoms. The van der Waals surface area contributed by atoms with Gasteiger partial charge in [0.05, 0.1) is 12.6 Å². The number of aromatic nitrogens is 3. The maximum Gasteiger partial charge on any atom is 0.232 e. The molecule has 1 aromatic heterocycles. The highest BCUT2D eigenvalue weighted by atomic mass is 16.3. The number of nitrogens with zero attached hydrogens (tertiary/aromatic N) is 5. The number of rotatable bonds is 6. The second-order valence-corrected chi connectivity index (χ2v) is 5.25. The molecule has 1 fully saturated rings. The average Bonchev–Trinajstić information content (AvgIpc) is 2.93. The topological polar surface area (TPSA) is 77.4 Å². The van der Waals surface area contributed by atoms with E-state index in [1.54, 1.807) is 0 Å². The van der Waals surface area contributed by atoms with Crippen molar-refractivity contribution in [2.75, 3.05) is 48.9 Å². The van der Waals surface area contributed by atoms with Crippen molar-refractivity contribution in [3.63, 3.8) is 0 Å². The highest BCUT2D eigenvalue weighted by molar-refractivity contribution is 5.45. The number of hydrogen-bond donors (Lipinski definition) is 2. The summed E-state index contributed by atoms with van der Waals surface area (Å²) >= 11 is 0. The van der Waals surface area contributed by atoms with E-state index in [2.05, 4.69) is 32.1 Å². The molecule has 1 aliphatic heterocycles. The maximum atomic E-state index is 9.45. The minimum absolute atomic E-state index is 0.117. The molecule has 20 heavy (non-hydrogen) atoms. The Balaban J connectivity index is 2.28. The van der Waals surface area contributed by atoms with Crippen molar-refractivity contribution >= 4 is 17.8 Å². The monoisotopic (exact) mass is 280 g/mol. The Morgan fingerprint density at radius 3 is 2.80 bits per heavy atom. The molecule has 2 N–H and O–H groups in total. The zero-order valence-corrected chi connectivity index (χ0v) is 12.5. The fourth-order valence-electron chi connectivity index (χ4n) is 2.29. The molecule has 2 rings (SSSR count). The minimum atomic E-state index is 0.117. The summed E-state index contributed by atoms with van der Waals surface area (Å²) in [4.78, 5) is 17.3. The average molecular weight is 280 g/mol. The van der Waals surface area contributed by atoms with Crippen LogP contribution in [0.4, 0.5) is 17.8 Å². The number of nitrogens with one attached hydrogen (secondary N) is 1. The van der Waals surface area contributed by atoms with Crippen molar-refractivity contribution in [1.82, 2.24) is 15.0 Å². The first-order valence-corrected chi connectivity index (χ1v) is 7.20. The van der Waals surface area contributed by atoms with Gasteiger partial charge in [-0.05, 0) is 19.3 Å². The molecule has 112 valence electrons. The fraction of sp³-hybridized carbons (Fsp3) is 0.769. The summed E-state index contributed by atoms with van der Waals surface area (Å²) < 4.78 is 0. The molecule has 1 atom stereocenters. The molecule has 0 amide bonds. The van der Waals surface area contributed by atoms with E-state index in [4.69, 9.17) is 0 Å². The van der Waals surface area contributed by atoms with Gasteiger partial charge in [0.25, 0.3) is 0 Å². The van der Waals surface area contributed by atoms with Gasteiger partial charge in [0.15, 0.2) is 0 Å². The SMILES string of the molecule is CCCNc1nc(N(C)C)nc(N2CCCC2CO)n1. The third-order valence-corrected chi connectivity index (χ3v) is 3.39. The molecule has 2 heterocycles. The van der Waals surface area contributed by atoms with Gasteiger partial charge in [-0.2, -0.15) is 15.0 Å². The summed E-state index contributed by atoms with van der Waals surface area (Å²) in [5, 5.41) is 12.7. The molecule has 7 nitrogen and oxygen atoms in total. The quantitative estimate of drug-likeness (QED) is 0.795. The molecular weight excluding hydrogens is 256 g/mol. The Hall–Kier alpha value is -1.63. The van der Waals surface area contributed by atoms with Crippen LogP contribution in [0.25, 0.3) is 0 Å². The predicted octanol–water partition coefficient (Wildman–Crippen LogP) is 0.721. The van der Waals surface area contributed by atoms with Crippen LogP contribution in [0.2, 0.25) is 0 Å². The highest BCUT2D eigenvalue weighted by Crippen LogP contribution is 2.24. The van der Waals surface area contributed by atoms with Crippen LogP contribution in [-0.4, -0.2) is 59.9 Å². The first kappa shape index (κ1) is 14.8. The minimum Gasteiger partial charge on any atom is -0.394 e. The Bertz CT molecular complexity index is 439. The van der Waals surface area contributed by atoms with Gasteiger partial charge in [-0.1, -0.05) is 6.92 Å². The fourth-order valence-corrected chi connectivity index (χ4v) is 2.29. The third-order valence-electron chi connectivity index (χ3n) is 3.39. The standard InChI is InChI=1S/C13H24N6O/c1-4-7-14-11-15-12(18(2)3)17-13(16-11)19-8-5-6-10(19)9-20/h10,20H,4-9H2,1-3H3,(H,14,15,16,17). The highest BCUT2D eigenvalue weighted by Gasteiger charge is 2.27. The summed E-state index contributed by atoms with van der Waals surface area (Å²) in [6.45, 7) is 3.96. The van der Waals surface area contributed by atoms with Crippen molar-refractivity contribution in [2.24, 2.45) is 0 Å². The summed E-state index contributed by atoms with van der Waals surface area (Å²) in [6, 6.07) is 0.117. The van der Waals surface area contributed by atoms with Gasteiger partial charge in [0.1, 0.15) is 0 Å². The maximum absolute atomic E-state index is 9.45. The first-order chi connectivity index (χ1) is 9.65. The largest absolute Gasteiger partial charge is 0.394 e. The van der Waals surface area contributed by atoms with Gasteiger partial charge in [-0.25, -0.2) is 0 Å². The summed E-state index contributed by atoms with van der Waals surface area (Å²) in [5.41, 5.74) is 0. The summed E-state index contributed by atoms with van der Waals surface area (Å²) in [7, 11) is 3.83. The van der Waals surface area contributed by atoms with E-state index in [0.717, 1.165) is 32.4 Å². The van der Waals surface area contributed by atoms with Crippen LogP contribution >= 0.6 is 0 Å². The van der Waals surface area contributed by atoms with Crippen molar-refractivity contribution in [2.45, 2.75) is 32.2 Å². The third kappa shape index (κ3) is 3.27. The lowest BCUT2D eigenvalue weighted by Crippen LogP contribution is -2.34. The molecule has 1 aromatic rings. The van der Waals surface area contributed by atoms with Crippen LogP contribution in [0.5, 0.6) is 0 Å². The van der Waals surface area contributed by atoms with Crippen LogP contribution < -0.4 is 15.1 Å². The van der Waals surface area contributed by atoms with Crippen LogP contribution in [-0.2, 0) is 0 Å². The van der Waals surface area contributed by atoms with E-state index in [-0.39, 0.29) is 12.6 Å². The van der Waals surface area contributed by atoms with Gasteiger partial charge in [0, 0.05) is 27.2 Å². The van der Waals surface area contributed by atoms with Crippen LogP contribution in [0.15, 0.2) is 0 Å². The lowest BCUT2D eigenvalue weighted by atomic mass is 10.2. The van der Waals surface area contributed by atoms with E-state index in [1.807, 2.05) is 19.0 Å². The molecule has 0 radical (unpaired) electrons. The van der Waals surface area contributed by atoms with E-state index >= 15 is 0 Å². The van der Waals surface area contributed by atoms with Crippen LogP contribution in [0.1, 0.15) is 26.2 Å². The molecular formula is C13H24N6O. The van der Waals surface area contributed by atoms with Crippen LogP contribution in [0.3, 0.4) is 0 Å². The van der Waals surface area contributed by atoms with Gasteiger partial charge >= 0.3 is 0 Å². The van der Waals surface area contributed by atoms with E-state index < -0.39 is 0 Å². The van der Waals surface area contributed by atoms with Gasteiger partial charge in [-0.3, -0.25) is 0 Å². The zero-order chi connectivity index (χ0) is 14.5. The van der Waals surface area contributed by atoms with Crippen molar-refractivity contribution < 1.29 is 5.11 Å². The summed E-state index contributed by atoms with van der Waals surface area (Å²) in [5.74, 6) is 1.89. The van der Waals surface area contributed by atoms with Crippen molar-refractivity contribution in [3.8, 4) is 0 Å². The summed E-state index contributed by atoms with van der Waals surface area (Å²) in [6.07, 6.45) is 3.06. The normalized spacial score (nSPS) is 18.4. The molecule has 0 spiro atoms. The molecule has 1 saturated heterocycles. The Morgan fingerprint density at radius 2 is 2.15 bits per heavy atom. The second-order valence-electron chi connectivity index (χ2n) is 5.25. The predicted molar refractivity (Wildman–Crippen MR) is 80.4 cm³/mol. The molecule has 7 heteroatoms. The zero-order valence-electron chi connectivity index (χ0n) is 12.5. The van der Waals surface area contributed by atoms with Gasteiger partial charge in [0.2, 0.25) is 17.8 Å². The number of aliphatic hydroxyl groups excluding tert-OH is 1. The molecule has 1 unspecified atom stereocenters. The Kier molecular flexibility index (Phi) is 4.94. The van der Waals surface area contributed by atoms with Crippen molar-refractivity contribution in [1.29, 1.82) is 0 Å². The van der Waals surface area contributed by atoms with Crippen molar-refractivity contribution in [3.05, 3.63) is 0 Å². The van der Waals surface area contributed by atoms with E-state index in [1.165, 1.54) is 0 Å². The van der Waals surface area contributed by atoms with Gasteiger partial charge < -0.3 is 20.2 Å². The molecule has 0 aliphatic carbocycles. The molecule has 1 aliphatic rings. The Labute approximate surface area is 120 Å². The smallest absolute Gasteiger partial charge is 0.232 e. The number of aliphatic hydroxyl groups is 1.